The van der Waals surface area contributed by atoms with Crippen LogP contribution in [-0.4, -0.2) is 36.5 Å². The summed E-state index contributed by atoms with van der Waals surface area (Å²) < 4.78 is 5.60. The van der Waals surface area contributed by atoms with Crippen molar-refractivity contribution < 1.29 is 9.53 Å². The zero-order valence-electron chi connectivity index (χ0n) is 10.4. The van der Waals surface area contributed by atoms with Crippen molar-refractivity contribution >= 4 is 6.29 Å². The van der Waals surface area contributed by atoms with Gasteiger partial charge in [-0.05, 0) is 19.4 Å². The molecular weight excluding hydrogens is 214 g/mol. The fourth-order valence-electron chi connectivity index (χ4n) is 2.20. The molecule has 1 aromatic carbocycles. The molecule has 3 nitrogen and oxygen atoms in total. The Balaban J connectivity index is 2.11. The highest BCUT2D eigenvalue weighted by molar-refractivity contribution is 5.77. The van der Waals surface area contributed by atoms with E-state index in [1.165, 1.54) is 0 Å². The third kappa shape index (κ3) is 2.93. The molecule has 2 rings (SSSR count). The molecule has 3 heteroatoms. The fourth-order valence-corrected chi connectivity index (χ4v) is 2.20. The van der Waals surface area contributed by atoms with Gasteiger partial charge in [0.05, 0.1) is 12.7 Å². The molecule has 2 atom stereocenters. The van der Waals surface area contributed by atoms with Gasteiger partial charge in [0.1, 0.15) is 6.29 Å². The van der Waals surface area contributed by atoms with Crippen molar-refractivity contribution in [3.8, 4) is 0 Å². The number of benzene rings is 1. The van der Waals surface area contributed by atoms with Crippen molar-refractivity contribution in [2.45, 2.75) is 32.5 Å². The monoisotopic (exact) mass is 233 g/mol. The van der Waals surface area contributed by atoms with Gasteiger partial charge in [-0.3, -0.25) is 9.69 Å². The van der Waals surface area contributed by atoms with Crippen LogP contribution in [0.3, 0.4) is 0 Å². The molecule has 0 aliphatic carbocycles. The highest BCUT2D eigenvalue weighted by Crippen LogP contribution is 2.17. The van der Waals surface area contributed by atoms with E-state index in [-0.39, 0.29) is 6.10 Å². The molecule has 0 bridgehead atoms. The summed E-state index contributed by atoms with van der Waals surface area (Å²) in [7, 11) is 0. The summed E-state index contributed by atoms with van der Waals surface area (Å²) in [6.45, 7) is 6.77. The maximum Gasteiger partial charge on any atom is 0.150 e. The first-order chi connectivity index (χ1) is 8.20. The van der Waals surface area contributed by atoms with Crippen molar-refractivity contribution in [3.63, 3.8) is 0 Å². The average Bonchev–Trinajstić information content (AvgIpc) is 2.34. The molecule has 0 amide bonds. The lowest BCUT2D eigenvalue weighted by Crippen LogP contribution is -2.46. The molecule has 1 fully saturated rings. The van der Waals surface area contributed by atoms with Crippen LogP contribution >= 0.6 is 0 Å². The minimum absolute atomic E-state index is 0.273. The van der Waals surface area contributed by atoms with Crippen molar-refractivity contribution in [2.24, 2.45) is 0 Å². The van der Waals surface area contributed by atoms with Gasteiger partial charge in [0.15, 0.2) is 0 Å². The van der Waals surface area contributed by atoms with E-state index in [4.69, 9.17) is 4.74 Å². The number of morpholine rings is 1. The number of rotatable bonds is 3. The molecule has 0 saturated carbocycles. The van der Waals surface area contributed by atoms with E-state index < -0.39 is 0 Å². The van der Waals surface area contributed by atoms with Gasteiger partial charge in [-0.25, -0.2) is 0 Å². The van der Waals surface area contributed by atoms with E-state index in [1.807, 2.05) is 24.3 Å². The number of aldehydes is 1. The molecule has 92 valence electrons. The topological polar surface area (TPSA) is 29.5 Å². The summed E-state index contributed by atoms with van der Waals surface area (Å²) in [6, 6.07) is 8.19. The highest BCUT2D eigenvalue weighted by Gasteiger charge is 2.23. The smallest absolute Gasteiger partial charge is 0.150 e. The molecule has 1 aliphatic rings. The number of hydrogen-bond donors (Lipinski definition) is 0. The third-order valence-electron chi connectivity index (χ3n) is 3.29. The Kier molecular flexibility index (Phi) is 3.92. The van der Waals surface area contributed by atoms with Gasteiger partial charge in [0.2, 0.25) is 0 Å². The number of ether oxygens (including phenoxy) is 1. The largest absolute Gasteiger partial charge is 0.376 e. The Morgan fingerprint density at radius 2 is 2.18 bits per heavy atom. The predicted octanol–water partition coefficient (Wildman–Crippen LogP) is 2.11. The van der Waals surface area contributed by atoms with Crippen molar-refractivity contribution in [2.75, 3.05) is 13.2 Å². The molecule has 17 heavy (non-hydrogen) atoms. The van der Waals surface area contributed by atoms with Crippen LogP contribution in [0.5, 0.6) is 0 Å². The summed E-state index contributed by atoms with van der Waals surface area (Å²) in [5.74, 6) is 0. The lowest BCUT2D eigenvalue weighted by molar-refractivity contribution is -0.0526. The van der Waals surface area contributed by atoms with Crippen LogP contribution in [0.15, 0.2) is 24.3 Å². The maximum atomic E-state index is 11.0. The van der Waals surface area contributed by atoms with Gasteiger partial charge >= 0.3 is 0 Å². The van der Waals surface area contributed by atoms with Gasteiger partial charge < -0.3 is 4.74 Å². The van der Waals surface area contributed by atoms with Gasteiger partial charge in [0.25, 0.3) is 0 Å². The van der Waals surface area contributed by atoms with Crippen LogP contribution in [0.25, 0.3) is 0 Å². The summed E-state index contributed by atoms with van der Waals surface area (Å²) in [5.41, 5.74) is 1.89. The highest BCUT2D eigenvalue weighted by atomic mass is 16.5. The first-order valence-corrected chi connectivity index (χ1v) is 6.09. The van der Waals surface area contributed by atoms with Gasteiger partial charge in [-0.2, -0.15) is 0 Å². The SMILES string of the molecule is CC1CN(Cc2ccccc2C=O)C(C)CO1. The summed E-state index contributed by atoms with van der Waals surface area (Å²) in [4.78, 5) is 13.3. The zero-order chi connectivity index (χ0) is 12.3. The molecule has 1 aromatic rings. The zero-order valence-corrected chi connectivity index (χ0v) is 10.4. The molecule has 0 N–H and O–H groups in total. The van der Waals surface area contributed by atoms with Crippen LogP contribution in [0.2, 0.25) is 0 Å². The Hall–Kier alpha value is -1.19. The minimum Gasteiger partial charge on any atom is -0.376 e. The number of carbonyl (C=O) groups excluding carboxylic acids is 1. The average molecular weight is 233 g/mol. The lowest BCUT2D eigenvalue weighted by Gasteiger charge is -2.37. The van der Waals surface area contributed by atoms with Crippen molar-refractivity contribution in [1.29, 1.82) is 0 Å². The summed E-state index contributed by atoms with van der Waals surface area (Å²) >= 11 is 0. The molecule has 0 spiro atoms. The molecule has 1 aliphatic heterocycles. The van der Waals surface area contributed by atoms with E-state index >= 15 is 0 Å². The van der Waals surface area contributed by atoms with Crippen LogP contribution < -0.4 is 0 Å². The third-order valence-corrected chi connectivity index (χ3v) is 3.29. The van der Waals surface area contributed by atoms with E-state index in [1.54, 1.807) is 0 Å². The Morgan fingerprint density at radius 1 is 1.41 bits per heavy atom. The second-order valence-corrected chi connectivity index (χ2v) is 4.74. The molecule has 2 unspecified atom stereocenters. The standard InChI is InChI=1S/C14H19NO2/c1-11-10-17-12(2)7-15(11)8-13-5-3-4-6-14(13)9-16/h3-6,9,11-12H,7-8,10H2,1-2H3. The van der Waals surface area contributed by atoms with Gasteiger partial charge in [0, 0.05) is 24.7 Å². The Morgan fingerprint density at radius 3 is 2.94 bits per heavy atom. The summed E-state index contributed by atoms with van der Waals surface area (Å²) in [6.07, 6.45) is 1.21. The van der Waals surface area contributed by atoms with Crippen LogP contribution in [0.1, 0.15) is 29.8 Å². The fraction of sp³-hybridized carbons (Fsp3) is 0.500. The predicted molar refractivity (Wildman–Crippen MR) is 67.1 cm³/mol. The van der Waals surface area contributed by atoms with E-state index in [0.29, 0.717) is 6.04 Å². The van der Waals surface area contributed by atoms with Gasteiger partial charge in [-0.1, -0.05) is 24.3 Å². The second-order valence-electron chi connectivity index (χ2n) is 4.74. The molecule has 0 radical (unpaired) electrons. The van der Waals surface area contributed by atoms with Crippen LogP contribution in [0.4, 0.5) is 0 Å². The number of carbonyl (C=O) groups is 1. The normalized spacial score (nSPS) is 25.8. The van der Waals surface area contributed by atoms with Crippen molar-refractivity contribution in [1.82, 2.24) is 4.90 Å². The van der Waals surface area contributed by atoms with Crippen LogP contribution in [0, 0.1) is 0 Å². The van der Waals surface area contributed by atoms with E-state index in [9.17, 15) is 4.79 Å². The molecule has 0 aromatic heterocycles. The Labute approximate surface area is 102 Å². The molecule has 1 heterocycles. The number of nitrogens with zero attached hydrogens (tertiary/aromatic N) is 1. The first-order valence-electron chi connectivity index (χ1n) is 6.09. The molecule has 1 saturated heterocycles. The van der Waals surface area contributed by atoms with Crippen LogP contribution in [-0.2, 0) is 11.3 Å². The number of hydrogen-bond acceptors (Lipinski definition) is 3. The van der Waals surface area contributed by atoms with Crippen molar-refractivity contribution in [3.05, 3.63) is 35.4 Å². The Bertz CT molecular complexity index is 392. The maximum absolute atomic E-state index is 11.0. The van der Waals surface area contributed by atoms with Gasteiger partial charge in [-0.15, -0.1) is 0 Å². The van der Waals surface area contributed by atoms with E-state index in [0.717, 1.165) is 37.1 Å². The first kappa shape index (κ1) is 12.3. The molecular formula is C14H19NO2. The minimum atomic E-state index is 0.273. The summed E-state index contributed by atoms with van der Waals surface area (Å²) in [5, 5.41) is 0. The van der Waals surface area contributed by atoms with E-state index in [2.05, 4.69) is 18.7 Å². The quantitative estimate of drug-likeness (QED) is 0.749. The lowest BCUT2D eigenvalue weighted by atomic mass is 10.1. The second kappa shape index (κ2) is 5.43.